The molecule has 2 aliphatic heterocycles. The minimum atomic E-state index is -1.12. The SMILES string of the molecule is O=C1NC2(CO1)CN(C(=O)OC1CC(Oc3c(F)cc(F)cc3F)C1)C2. The third-order valence-corrected chi connectivity index (χ3v) is 4.66. The number of rotatable bonds is 3. The van der Waals surface area contributed by atoms with Crippen molar-refractivity contribution in [3.05, 3.63) is 29.6 Å². The van der Waals surface area contributed by atoms with Gasteiger partial charge in [-0.05, 0) is 0 Å². The van der Waals surface area contributed by atoms with Crippen molar-refractivity contribution in [2.24, 2.45) is 0 Å². The summed E-state index contributed by atoms with van der Waals surface area (Å²) >= 11 is 0. The first-order valence-corrected chi connectivity index (χ1v) is 8.05. The van der Waals surface area contributed by atoms with E-state index in [2.05, 4.69) is 5.32 Å². The summed E-state index contributed by atoms with van der Waals surface area (Å²) in [5, 5.41) is 2.65. The maximum Gasteiger partial charge on any atom is 0.410 e. The Bertz CT molecular complexity index is 739. The summed E-state index contributed by atoms with van der Waals surface area (Å²) in [4.78, 5) is 24.5. The molecule has 2 amide bonds. The number of ether oxygens (including phenoxy) is 3. The highest BCUT2D eigenvalue weighted by atomic mass is 19.1. The Balaban J connectivity index is 1.22. The first-order chi connectivity index (χ1) is 12.3. The van der Waals surface area contributed by atoms with Gasteiger partial charge in [-0.1, -0.05) is 0 Å². The van der Waals surface area contributed by atoms with E-state index in [9.17, 15) is 22.8 Å². The van der Waals surface area contributed by atoms with Crippen LogP contribution < -0.4 is 10.1 Å². The summed E-state index contributed by atoms with van der Waals surface area (Å²) in [6.07, 6.45) is -1.42. The fourth-order valence-electron chi connectivity index (χ4n) is 3.21. The lowest BCUT2D eigenvalue weighted by Crippen LogP contribution is -2.70. The van der Waals surface area contributed by atoms with Crippen molar-refractivity contribution in [2.45, 2.75) is 30.6 Å². The zero-order valence-corrected chi connectivity index (χ0v) is 13.5. The fourth-order valence-corrected chi connectivity index (χ4v) is 3.21. The number of halogens is 3. The maximum absolute atomic E-state index is 13.5. The van der Waals surface area contributed by atoms with Crippen LogP contribution in [-0.2, 0) is 9.47 Å². The van der Waals surface area contributed by atoms with Gasteiger partial charge in [-0.2, -0.15) is 0 Å². The molecule has 1 aromatic carbocycles. The minimum absolute atomic E-state index is 0.212. The molecule has 4 rings (SSSR count). The Morgan fingerprint density at radius 1 is 1.19 bits per heavy atom. The molecule has 0 unspecified atom stereocenters. The predicted octanol–water partition coefficient (Wildman–Crippen LogP) is 1.94. The molecule has 26 heavy (non-hydrogen) atoms. The minimum Gasteiger partial charge on any atom is -0.484 e. The largest absolute Gasteiger partial charge is 0.484 e. The number of carbonyl (C=O) groups is 2. The lowest BCUT2D eigenvalue weighted by Gasteiger charge is -2.46. The molecule has 3 fully saturated rings. The van der Waals surface area contributed by atoms with Crippen LogP contribution in [0, 0.1) is 17.5 Å². The highest BCUT2D eigenvalue weighted by Crippen LogP contribution is 2.33. The molecule has 2 heterocycles. The van der Waals surface area contributed by atoms with Gasteiger partial charge < -0.3 is 24.4 Å². The molecular weight excluding hydrogens is 357 g/mol. The molecule has 3 aliphatic rings. The second kappa shape index (κ2) is 5.96. The van der Waals surface area contributed by atoms with Crippen molar-refractivity contribution >= 4 is 12.2 Å². The first-order valence-electron chi connectivity index (χ1n) is 8.05. The van der Waals surface area contributed by atoms with Crippen LogP contribution in [0.5, 0.6) is 5.75 Å². The molecule has 1 saturated carbocycles. The molecule has 7 nitrogen and oxygen atoms in total. The van der Waals surface area contributed by atoms with Gasteiger partial charge in [0.15, 0.2) is 17.4 Å². The molecule has 1 spiro atoms. The maximum atomic E-state index is 13.5. The van der Waals surface area contributed by atoms with E-state index in [0.717, 1.165) is 0 Å². The van der Waals surface area contributed by atoms with E-state index in [1.165, 1.54) is 4.90 Å². The lowest BCUT2D eigenvalue weighted by atomic mass is 9.91. The van der Waals surface area contributed by atoms with Gasteiger partial charge in [0.2, 0.25) is 0 Å². The standard InChI is InChI=1S/C16H15F3N2O5/c17-8-1-11(18)13(12(19)2-8)25-9-3-10(4-9)26-15(23)21-5-16(6-21)7-24-14(22)20-16/h1-2,9-10H,3-7H2,(H,20,22). The molecular formula is C16H15F3N2O5. The molecule has 0 bridgehead atoms. The number of benzene rings is 1. The molecule has 0 atom stereocenters. The Morgan fingerprint density at radius 3 is 2.42 bits per heavy atom. The van der Waals surface area contributed by atoms with Gasteiger partial charge in [-0.3, -0.25) is 0 Å². The Kier molecular flexibility index (Phi) is 3.85. The van der Waals surface area contributed by atoms with Gasteiger partial charge in [0.1, 0.15) is 30.2 Å². The van der Waals surface area contributed by atoms with Crippen molar-refractivity contribution in [3.63, 3.8) is 0 Å². The number of nitrogens with one attached hydrogen (secondary N) is 1. The smallest absolute Gasteiger partial charge is 0.410 e. The lowest BCUT2D eigenvalue weighted by molar-refractivity contribution is -0.0517. The van der Waals surface area contributed by atoms with Gasteiger partial charge in [0.05, 0.1) is 13.1 Å². The van der Waals surface area contributed by atoms with E-state index in [4.69, 9.17) is 14.2 Å². The normalized spacial score (nSPS) is 25.8. The average Bonchev–Trinajstić information content (AvgIpc) is 2.88. The summed E-state index contributed by atoms with van der Waals surface area (Å²) in [6.45, 7) is 0.816. The van der Waals surface area contributed by atoms with Crippen molar-refractivity contribution in [2.75, 3.05) is 19.7 Å². The molecule has 1 aromatic rings. The number of hydrogen-bond donors (Lipinski definition) is 1. The van der Waals surface area contributed by atoms with Crippen LogP contribution in [0.4, 0.5) is 22.8 Å². The molecule has 1 aliphatic carbocycles. The van der Waals surface area contributed by atoms with Crippen LogP contribution in [0.2, 0.25) is 0 Å². The molecule has 1 N–H and O–H groups in total. The van der Waals surface area contributed by atoms with Crippen molar-refractivity contribution in [1.29, 1.82) is 0 Å². The van der Waals surface area contributed by atoms with Gasteiger partial charge >= 0.3 is 12.2 Å². The summed E-state index contributed by atoms with van der Waals surface area (Å²) in [7, 11) is 0. The number of amides is 2. The summed E-state index contributed by atoms with van der Waals surface area (Å²) < 4.78 is 55.2. The molecule has 140 valence electrons. The van der Waals surface area contributed by atoms with Crippen molar-refractivity contribution in [1.82, 2.24) is 10.2 Å². The first kappa shape index (κ1) is 16.8. The van der Waals surface area contributed by atoms with E-state index >= 15 is 0 Å². The van der Waals surface area contributed by atoms with Crippen LogP contribution in [-0.4, -0.2) is 54.5 Å². The fraction of sp³-hybridized carbons (Fsp3) is 0.500. The number of likely N-dealkylation sites (tertiary alicyclic amines) is 1. The monoisotopic (exact) mass is 372 g/mol. The van der Waals surface area contributed by atoms with Gasteiger partial charge in [-0.25, -0.2) is 22.8 Å². The highest BCUT2D eigenvalue weighted by molar-refractivity contribution is 5.74. The number of hydrogen-bond acceptors (Lipinski definition) is 5. The third-order valence-electron chi connectivity index (χ3n) is 4.66. The zero-order valence-electron chi connectivity index (χ0n) is 13.5. The van der Waals surface area contributed by atoms with Gasteiger partial charge in [0, 0.05) is 25.0 Å². The molecule has 0 aromatic heterocycles. The Morgan fingerprint density at radius 2 is 1.85 bits per heavy atom. The van der Waals surface area contributed by atoms with Crippen molar-refractivity contribution < 1.29 is 37.0 Å². The van der Waals surface area contributed by atoms with Crippen LogP contribution in [0.3, 0.4) is 0 Å². The Labute approximate surface area is 146 Å². The molecule has 10 heteroatoms. The molecule has 0 radical (unpaired) electrons. The van der Waals surface area contributed by atoms with Crippen LogP contribution in [0.25, 0.3) is 0 Å². The number of alkyl carbamates (subject to hydrolysis) is 1. The predicted molar refractivity (Wildman–Crippen MR) is 79.0 cm³/mol. The summed E-state index contributed by atoms with van der Waals surface area (Å²) in [5.74, 6) is -3.89. The van der Waals surface area contributed by atoms with Crippen LogP contribution in [0.1, 0.15) is 12.8 Å². The molecule has 2 saturated heterocycles. The van der Waals surface area contributed by atoms with E-state index in [1.807, 2.05) is 0 Å². The summed E-state index contributed by atoms with van der Waals surface area (Å²) in [6, 6.07) is 1.08. The van der Waals surface area contributed by atoms with E-state index in [0.29, 0.717) is 25.2 Å². The quantitative estimate of drug-likeness (QED) is 0.878. The Hall–Kier alpha value is -2.65. The van der Waals surface area contributed by atoms with E-state index < -0.39 is 53.1 Å². The average molecular weight is 372 g/mol. The van der Waals surface area contributed by atoms with Crippen LogP contribution in [0.15, 0.2) is 12.1 Å². The number of cyclic esters (lactones) is 1. The van der Waals surface area contributed by atoms with Gasteiger partial charge in [0.25, 0.3) is 0 Å². The highest BCUT2D eigenvalue weighted by Gasteiger charge is 2.52. The number of nitrogens with zero attached hydrogens (tertiary/aromatic N) is 1. The van der Waals surface area contributed by atoms with Crippen LogP contribution >= 0.6 is 0 Å². The second-order valence-electron chi connectivity index (χ2n) is 6.75. The van der Waals surface area contributed by atoms with Crippen molar-refractivity contribution in [3.8, 4) is 5.75 Å². The van der Waals surface area contributed by atoms with Gasteiger partial charge in [-0.15, -0.1) is 0 Å². The number of carbonyl (C=O) groups excluding carboxylic acids is 2. The van der Waals surface area contributed by atoms with E-state index in [-0.39, 0.29) is 19.4 Å². The van der Waals surface area contributed by atoms with E-state index in [1.54, 1.807) is 0 Å². The zero-order chi connectivity index (χ0) is 18.5. The second-order valence-corrected chi connectivity index (χ2v) is 6.75. The third kappa shape index (κ3) is 2.99. The topological polar surface area (TPSA) is 77.1 Å². The summed E-state index contributed by atoms with van der Waals surface area (Å²) in [5.41, 5.74) is -0.529.